The number of pyridine rings is 1. The summed E-state index contributed by atoms with van der Waals surface area (Å²) < 4.78 is 2.28. The molecule has 3 rings (SSSR count). The highest BCUT2D eigenvalue weighted by Gasteiger charge is 2.28. The molecule has 2 aromatic rings. The van der Waals surface area contributed by atoms with E-state index in [9.17, 15) is 0 Å². The highest BCUT2D eigenvalue weighted by atomic mass is 15.3. The quantitative estimate of drug-likeness (QED) is 0.811. The maximum absolute atomic E-state index is 4.36. The third-order valence-electron chi connectivity index (χ3n) is 3.58. The van der Waals surface area contributed by atoms with Gasteiger partial charge in [-0.25, -0.2) is 0 Å². The van der Waals surface area contributed by atoms with Gasteiger partial charge < -0.3 is 4.57 Å². The van der Waals surface area contributed by atoms with Gasteiger partial charge in [0.2, 0.25) is 0 Å². The second-order valence-corrected chi connectivity index (χ2v) is 5.78. The van der Waals surface area contributed by atoms with E-state index in [1.165, 1.54) is 6.42 Å². The van der Waals surface area contributed by atoms with Gasteiger partial charge in [0, 0.05) is 24.9 Å². The molecule has 1 aliphatic rings. The molecule has 0 unspecified atom stereocenters. The lowest BCUT2D eigenvalue weighted by Crippen LogP contribution is -2.28. The highest BCUT2D eigenvalue weighted by Crippen LogP contribution is 2.30. The smallest absolute Gasteiger partial charge is 0.139 e. The van der Waals surface area contributed by atoms with Crippen molar-refractivity contribution < 1.29 is 0 Å². The molecule has 0 bridgehead atoms. The lowest BCUT2D eigenvalue weighted by atomic mass is 9.85. The van der Waals surface area contributed by atoms with E-state index >= 15 is 0 Å². The molecule has 0 atom stereocenters. The molecule has 94 valence electrons. The SMILES string of the molecule is CC1(C)CCc2nnc(Cc3ccccn3)n2C1. The van der Waals surface area contributed by atoms with Crippen molar-refractivity contribution in [2.24, 2.45) is 5.41 Å². The van der Waals surface area contributed by atoms with E-state index in [-0.39, 0.29) is 0 Å². The predicted molar refractivity (Wildman–Crippen MR) is 69.2 cm³/mol. The number of hydrogen-bond acceptors (Lipinski definition) is 3. The van der Waals surface area contributed by atoms with E-state index < -0.39 is 0 Å². The molecule has 0 N–H and O–H groups in total. The van der Waals surface area contributed by atoms with Crippen LogP contribution in [-0.2, 0) is 19.4 Å². The molecule has 18 heavy (non-hydrogen) atoms. The molecule has 2 aromatic heterocycles. The molecule has 0 aromatic carbocycles. The van der Waals surface area contributed by atoms with Crippen LogP contribution in [0.2, 0.25) is 0 Å². The summed E-state index contributed by atoms with van der Waals surface area (Å²) in [7, 11) is 0. The van der Waals surface area contributed by atoms with Gasteiger partial charge in [0.25, 0.3) is 0 Å². The Labute approximate surface area is 107 Å². The molecule has 0 amide bonds. The molecule has 0 aliphatic carbocycles. The number of aromatic nitrogens is 4. The third-order valence-corrected chi connectivity index (χ3v) is 3.58. The average Bonchev–Trinajstić information content (AvgIpc) is 2.72. The summed E-state index contributed by atoms with van der Waals surface area (Å²) in [4.78, 5) is 4.36. The van der Waals surface area contributed by atoms with Gasteiger partial charge in [0.05, 0.1) is 6.42 Å². The molecule has 4 nitrogen and oxygen atoms in total. The minimum absolute atomic E-state index is 0.342. The van der Waals surface area contributed by atoms with Crippen molar-refractivity contribution in [3.63, 3.8) is 0 Å². The molecule has 0 fully saturated rings. The second-order valence-electron chi connectivity index (χ2n) is 5.78. The van der Waals surface area contributed by atoms with Gasteiger partial charge in [-0.05, 0) is 24.0 Å². The third kappa shape index (κ3) is 2.15. The summed E-state index contributed by atoms with van der Waals surface area (Å²) in [6.07, 6.45) is 4.81. The summed E-state index contributed by atoms with van der Waals surface area (Å²) in [6.45, 7) is 5.62. The molecule has 0 saturated heterocycles. The Morgan fingerprint density at radius 2 is 2.17 bits per heavy atom. The Morgan fingerprint density at radius 1 is 1.28 bits per heavy atom. The van der Waals surface area contributed by atoms with Crippen molar-refractivity contribution in [3.8, 4) is 0 Å². The van der Waals surface area contributed by atoms with E-state index in [0.717, 1.165) is 36.7 Å². The van der Waals surface area contributed by atoms with E-state index in [1.54, 1.807) is 0 Å². The van der Waals surface area contributed by atoms with Crippen molar-refractivity contribution in [2.45, 2.75) is 39.7 Å². The molecule has 1 aliphatic heterocycles. The van der Waals surface area contributed by atoms with Crippen LogP contribution >= 0.6 is 0 Å². The summed E-state index contributed by atoms with van der Waals surface area (Å²) in [5.74, 6) is 2.16. The van der Waals surface area contributed by atoms with Crippen LogP contribution in [-0.4, -0.2) is 19.7 Å². The van der Waals surface area contributed by atoms with E-state index in [4.69, 9.17) is 0 Å². The molecule has 0 spiro atoms. The first-order valence-electron chi connectivity index (χ1n) is 6.45. The van der Waals surface area contributed by atoms with Crippen molar-refractivity contribution >= 4 is 0 Å². The van der Waals surface area contributed by atoms with E-state index in [1.807, 2.05) is 24.4 Å². The summed E-state index contributed by atoms with van der Waals surface area (Å²) >= 11 is 0. The zero-order valence-electron chi connectivity index (χ0n) is 10.9. The monoisotopic (exact) mass is 242 g/mol. The first kappa shape index (κ1) is 11.4. The fourth-order valence-electron chi connectivity index (χ4n) is 2.49. The fraction of sp³-hybridized carbons (Fsp3) is 0.500. The predicted octanol–water partition coefficient (Wildman–Crippen LogP) is 2.24. The Morgan fingerprint density at radius 3 is 2.94 bits per heavy atom. The summed E-state index contributed by atoms with van der Waals surface area (Å²) in [5.41, 5.74) is 1.39. The van der Waals surface area contributed by atoms with Gasteiger partial charge >= 0.3 is 0 Å². The molecule has 0 radical (unpaired) electrons. The van der Waals surface area contributed by atoms with Gasteiger partial charge in [0.15, 0.2) is 0 Å². The van der Waals surface area contributed by atoms with Crippen LogP contribution in [0, 0.1) is 5.41 Å². The standard InChI is InChI=1S/C14H18N4/c1-14(2)7-6-12-16-17-13(18(12)10-14)9-11-5-3-4-8-15-11/h3-5,8H,6-7,9-10H2,1-2H3. The number of nitrogens with zero attached hydrogens (tertiary/aromatic N) is 4. The van der Waals surface area contributed by atoms with E-state index in [0.29, 0.717) is 5.41 Å². The number of rotatable bonds is 2. The van der Waals surface area contributed by atoms with Crippen LogP contribution in [0.1, 0.15) is 37.6 Å². The van der Waals surface area contributed by atoms with Crippen molar-refractivity contribution in [1.29, 1.82) is 0 Å². The zero-order chi connectivity index (χ0) is 12.6. The van der Waals surface area contributed by atoms with Crippen LogP contribution in [0.3, 0.4) is 0 Å². The molecule has 0 saturated carbocycles. The Kier molecular flexibility index (Phi) is 2.65. The van der Waals surface area contributed by atoms with Crippen LogP contribution in [0.4, 0.5) is 0 Å². The van der Waals surface area contributed by atoms with Gasteiger partial charge in [-0.3, -0.25) is 4.98 Å². The van der Waals surface area contributed by atoms with Crippen LogP contribution in [0.25, 0.3) is 0 Å². The van der Waals surface area contributed by atoms with Gasteiger partial charge in [0.1, 0.15) is 11.6 Å². The Balaban J connectivity index is 1.89. The van der Waals surface area contributed by atoms with Crippen molar-refractivity contribution in [1.82, 2.24) is 19.7 Å². The lowest BCUT2D eigenvalue weighted by molar-refractivity contribution is 0.244. The number of hydrogen-bond donors (Lipinski definition) is 0. The number of fused-ring (bicyclic) bond motifs is 1. The maximum atomic E-state index is 4.36. The fourth-order valence-corrected chi connectivity index (χ4v) is 2.49. The normalized spacial score (nSPS) is 17.4. The van der Waals surface area contributed by atoms with Crippen molar-refractivity contribution in [3.05, 3.63) is 41.7 Å². The topological polar surface area (TPSA) is 43.6 Å². The van der Waals surface area contributed by atoms with Crippen molar-refractivity contribution in [2.75, 3.05) is 0 Å². The molecule has 4 heteroatoms. The minimum atomic E-state index is 0.342. The lowest BCUT2D eigenvalue weighted by Gasteiger charge is -2.30. The van der Waals surface area contributed by atoms with E-state index in [2.05, 4.69) is 33.6 Å². The first-order valence-corrected chi connectivity index (χ1v) is 6.45. The van der Waals surface area contributed by atoms with Crippen LogP contribution in [0.5, 0.6) is 0 Å². The largest absolute Gasteiger partial charge is 0.314 e. The number of aryl methyl sites for hydroxylation is 1. The zero-order valence-corrected chi connectivity index (χ0v) is 10.9. The van der Waals surface area contributed by atoms with Crippen LogP contribution < -0.4 is 0 Å². The summed E-state index contributed by atoms with van der Waals surface area (Å²) in [5, 5.41) is 8.64. The Bertz CT molecular complexity index is 542. The molecular formula is C14H18N4. The average molecular weight is 242 g/mol. The molecular weight excluding hydrogens is 224 g/mol. The minimum Gasteiger partial charge on any atom is -0.314 e. The van der Waals surface area contributed by atoms with Gasteiger partial charge in [-0.1, -0.05) is 19.9 Å². The second kappa shape index (κ2) is 4.19. The maximum Gasteiger partial charge on any atom is 0.139 e. The molecule has 3 heterocycles. The first-order chi connectivity index (χ1) is 8.64. The van der Waals surface area contributed by atoms with Gasteiger partial charge in [-0.15, -0.1) is 10.2 Å². The van der Waals surface area contributed by atoms with Gasteiger partial charge in [-0.2, -0.15) is 0 Å². The summed E-state index contributed by atoms with van der Waals surface area (Å²) in [6, 6.07) is 5.99. The highest BCUT2D eigenvalue weighted by molar-refractivity contribution is 5.12. The Hall–Kier alpha value is -1.71. The van der Waals surface area contributed by atoms with Crippen LogP contribution in [0.15, 0.2) is 24.4 Å².